The van der Waals surface area contributed by atoms with E-state index < -0.39 is 0 Å². The van der Waals surface area contributed by atoms with Crippen LogP contribution in [0.5, 0.6) is 0 Å². The maximum Gasteiger partial charge on any atom is 0.126 e. The fraction of sp³-hybridized carbons (Fsp3) is 0.143. The Kier molecular flexibility index (Phi) is 1.52. The second kappa shape index (κ2) is 2.36. The molecule has 0 aliphatic carbocycles. The van der Waals surface area contributed by atoms with Crippen LogP contribution in [0.2, 0.25) is 0 Å². The minimum Gasteiger partial charge on any atom is -0.465 e. The lowest BCUT2D eigenvalue weighted by molar-refractivity contribution is 0.557. The van der Waals surface area contributed by atoms with Crippen LogP contribution < -0.4 is 0 Å². The van der Waals surface area contributed by atoms with Crippen LogP contribution in [0.3, 0.4) is 0 Å². The molecule has 0 aliphatic heterocycles. The molecule has 0 saturated carbocycles. The molecule has 0 saturated heterocycles. The van der Waals surface area contributed by atoms with Crippen molar-refractivity contribution in [3.8, 4) is 0 Å². The zero-order valence-electron chi connectivity index (χ0n) is 4.79. The summed E-state index contributed by atoms with van der Waals surface area (Å²) in [5, 5.41) is 0. The van der Waals surface area contributed by atoms with Gasteiger partial charge >= 0.3 is 0 Å². The lowest BCUT2D eigenvalue weighted by atomic mass is 10.4. The van der Waals surface area contributed by atoms with Gasteiger partial charge < -0.3 is 4.42 Å². The molecular weight excluding hydrogens is 100 g/mol. The van der Waals surface area contributed by atoms with Crippen molar-refractivity contribution in [3.05, 3.63) is 30.2 Å². The fourth-order valence-corrected chi connectivity index (χ4v) is 0.550. The van der Waals surface area contributed by atoms with Gasteiger partial charge in [-0.25, -0.2) is 0 Å². The zero-order chi connectivity index (χ0) is 5.82. The second-order valence-electron chi connectivity index (χ2n) is 1.52. The van der Waals surface area contributed by atoms with Crippen LogP contribution >= 0.6 is 0 Å². The largest absolute Gasteiger partial charge is 0.465 e. The molecule has 42 valence electrons. The SMILES string of the molecule is CC=Cc1ccco1. The summed E-state index contributed by atoms with van der Waals surface area (Å²) in [5.74, 6) is 0.910. The lowest BCUT2D eigenvalue weighted by Crippen LogP contribution is -1.54. The van der Waals surface area contributed by atoms with Crippen LogP contribution in [-0.2, 0) is 0 Å². The lowest BCUT2D eigenvalue weighted by Gasteiger charge is -1.76. The maximum absolute atomic E-state index is 4.99. The summed E-state index contributed by atoms with van der Waals surface area (Å²) in [4.78, 5) is 0. The highest BCUT2D eigenvalue weighted by atomic mass is 16.3. The highest BCUT2D eigenvalue weighted by molar-refractivity contribution is 5.41. The molecule has 1 aromatic rings. The third-order valence-electron chi connectivity index (χ3n) is 0.874. The first kappa shape index (κ1) is 5.16. The molecule has 1 rings (SSSR count). The van der Waals surface area contributed by atoms with E-state index >= 15 is 0 Å². The molecule has 0 radical (unpaired) electrons. The molecule has 0 aliphatic rings. The van der Waals surface area contributed by atoms with Crippen LogP contribution in [0.1, 0.15) is 12.7 Å². The molecular formula is C7H8O. The summed E-state index contributed by atoms with van der Waals surface area (Å²) in [5.41, 5.74) is 0. The molecule has 0 bridgehead atoms. The number of hydrogen-bond acceptors (Lipinski definition) is 1. The molecule has 0 amide bonds. The number of rotatable bonds is 1. The molecule has 1 heterocycles. The van der Waals surface area contributed by atoms with Crippen molar-refractivity contribution in [2.45, 2.75) is 6.92 Å². The highest BCUT2D eigenvalue weighted by Crippen LogP contribution is 2.00. The Morgan fingerprint density at radius 3 is 3.00 bits per heavy atom. The monoisotopic (exact) mass is 108 g/mol. The minimum absolute atomic E-state index is 0.910. The summed E-state index contributed by atoms with van der Waals surface area (Å²) in [6, 6.07) is 3.79. The zero-order valence-corrected chi connectivity index (χ0v) is 4.79. The molecule has 0 aromatic carbocycles. The van der Waals surface area contributed by atoms with Crippen LogP contribution in [0, 0.1) is 0 Å². The van der Waals surface area contributed by atoms with Gasteiger partial charge in [0.1, 0.15) is 5.76 Å². The molecule has 0 unspecified atom stereocenters. The van der Waals surface area contributed by atoms with Gasteiger partial charge in [-0.15, -0.1) is 0 Å². The standard InChI is InChI=1S/C7H8O/c1-2-4-7-5-3-6-8-7/h2-6H,1H3. The normalized spacial score (nSPS) is 10.6. The average molecular weight is 108 g/mol. The van der Waals surface area contributed by atoms with Crippen LogP contribution in [-0.4, -0.2) is 0 Å². The summed E-state index contributed by atoms with van der Waals surface area (Å²) in [6.45, 7) is 1.96. The van der Waals surface area contributed by atoms with E-state index in [0.717, 1.165) is 5.76 Å². The molecule has 0 fully saturated rings. The molecule has 1 aromatic heterocycles. The average Bonchev–Trinajstić information content (AvgIpc) is 2.19. The number of furan rings is 1. The third-order valence-corrected chi connectivity index (χ3v) is 0.874. The van der Waals surface area contributed by atoms with Gasteiger partial charge in [0, 0.05) is 0 Å². The Balaban J connectivity index is 2.77. The summed E-state index contributed by atoms with van der Waals surface area (Å²) >= 11 is 0. The smallest absolute Gasteiger partial charge is 0.126 e. The topological polar surface area (TPSA) is 13.1 Å². The van der Waals surface area contributed by atoms with Crippen molar-refractivity contribution in [2.75, 3.05) is 0 Å². The molecule has 0 atom stereocenters. The molecule has 0 N–H and O–H groups in total. The van der Waals surface area contributed by atoms with E-state index in [0.29, 0.717) is 0 Å². The number of hydrogen-bond donors (Lipinski definition) is 0. The van der Waals surface area contributed by atoms with Crippen molar-refractivity contribution >= 4 is 6.08 Å². The van der Waals surface area contributed by atoms with Crippen LogP contribution in [0.25, 0.3) is 6.08 Å². The Morgan fingerprint density at radius 1 is 1.62 bits per heavy atom. The first-order chi connectivity index (χ1) is 3.93. The van der Waals surface area contributed by atoms with Crippen molar-refractivity contribution in [1.29, 1.82) is 0 Å². The van der Waals surface area contributed by atoms with E-state index in [9.17, 15) is 0 Å². The second-order valence-corrected chi connectivity index (χ2v) is 1.52. The quantitative estimate of drug-likeness (QED) is 0.538. The van der Waals surface area contributed by atoms with Gasteiger partial charge in [-0.3, -0.25) is 0 Å². The van der Waals surface area contributed by atoms with E-state index in [1.165, 1.54) is 0 Å². The van der Waals surface area contributed by atoms with E-state index in [-0.39, 0.29) is 0 Å². The minimum atomic E-state index is 0.910. The van der Waals surface area contributed by atoms with Gasteiger partial charge in [0.25, 0.3) is 0 Å². The Labute approximate surface area is 48.6 Å². The summed E-state index contributed by atoms with van der Waals surface area (Å²) < 4.78 is 4.99. The van der Waals surface area contributed by atoms with Crippen molar-refractivity contribution < 1.29 is 4.42 Å². The van der Waals surface area contributed by atoms with Gasteiger partial charge in [-0.2, -0.15) is 0 Å². The van der Waals surface area contributed by atoms with Crippen molar-refractivity contribution in [1.82, 2.24) is 0 Å². The van der Waals surface area contributed by atoms with Gasteiger partial charge in [0.05, 0.1) is 6.26 Å². The predicted molar refractivity (Wildman–Crippen MR) is 33.4 cm³/mol. The van der Waals surface area contributed by atoms with E-state index in [1.807, 2.05) is 31.2 Å². The van der Waals surface area contributed by atoms with Gasteiger partial charge in [0.15, 0.2) is 0 Å². The van der Waals surface area contributed by atoms with Crippen LogP contribution in [0.15, 0.2) is 28.9 Å². The Bertz CT molecular complexity index is 161. The first-order valence-electron chi connectivity index (χ1n) is 2.59. The molecule has 1 heteroatoms. The third kappa shape index (κ3) is 0.997. The van der Waals surface area contributed by atoms with E-state index in [1.54, 1.807) is 6.26 Å². The van der Waals surface area contributed by atoms with Gasteiger partial charge in [-0.1, -0.05) is 6.08 Å². The Morgan fingerprint density at radius 2 is 2.50 bits per heavy atom. The fourth-order valence-electron chi connectivity index (χ4n) is 0.550. The molecule has 1 nitrogen and oxygen atoms in total. The van der Waals surface area contributed by atoms with E-state index in [2.05, 4.69) is 0 Å². The summed E-state index contributed by atoms with van der Waals surface area (Å²) in [6.07, 6.45) is 5.52. The van der Waals surface area contributed by atoms with Crippen molar-refractivity contribution in [2.24, 2.45) is 0 Å². The maximum atomic E-state index is 4.99. The first-order valence-corrected chi connectivity index (χ1v) is 2.59. The summed E-state index contributed by atoms with van der Waals surface area (Å²) in [7, 11) is 0. The van der Waals surface area contributed by atoms with Gasteiger partial charge in [0.2, 0.25) is 0 Å². The predicted octanol–water partition coefficient (Wildman–Crippen LogP) is 2.31. The number of allylic oxidation sites excluding steroid dienone is 1. The van der Waals surface area contributed by atoms with Crippen molar-refractivity contribution in [3.63, 3.8) is 0 Å². The highest BCUT2D eigenvalue weighted by Gasteiger charge is 1.81. The Hall–Kier alpha value is -0.980. The van der Waals surface area contributed by atoms with Crippen LogP contribution in [0.4, 0.5) is 0 Å². The molecule has 8 heavy (non-hydrogen) atoms. The van der Waals surface area contributed by atoms with Gasteiger partial charge in [-0.05, 0) is 25.1 Å². The molecule has 0 spiro atoms. The van der Waals surface area contributed by atoms with E-state index in [4.69, 9.17) is 4.42 Å².